The van der Waals surface area contributed by atoms with E-state index in [1.807, 2.05) is 0 Å². The van der Waals surface area contributed by atoms with E-state index < -0.39 is 10.0 Å². The molecule has 0 unspecified atom stereocenters. The highest BCUT2D eigenvalue weighted by molar-refractivity contribution is 7.89. The third-order valence-electron chi connectivity index (χ3n) is 3.03. The summed E-state index contributed by atoms with van der Waals surface area (Å²) in [4.78, 5) is 0.102. The average molecular weight is 349 g/mol. The second-order valence-corrected chi connectivity index (χ2v) is 7.46. The lowest BCUT2D eigenvalue weighted by atomic mass is 10.2. The Kier molecular flexibility index (Phi) is 4.63. The molecule has 2 rings (SSSR count). The largest absolute Gasteiger partial charge is 0.360 e. The molecule has 0 bridgehead atoms. The van der Waals surface area contributed by atoms with Crippen LogP contribution in [0.25, 0.3) is 0 Å². The maximum atomic E-state index is 12.6. The van der Waals surface area contributed by atoms with Crippen LogP contribution in [-0.2, 0) is 16.6 Å². The van der Waals surface area contributed by atoms with Crippen LogP contribution in [0.3, 0.4) is 0 Å². The fraction of sp³-hybridized carbons (Fsp3) is 0.308. The first-order valence-electron chi connectivity index (χ1n) is 6.06. The third kappa shape index (κ3) is 3.23. The molecule has 0 saturated carbocycles. The monoisotopic (exact) mass is 348 g/mol. The summed E-state index contributed by atoms with van der Waals surface area (Å²) in [6, 6.07) is 5.01. The maximum Gasteiger partial charge on any atom is 0.248 e. The van der Waals surface area contributed by atoms with Gasteiger partial charge in [0.2, 0.25) is 10.0 Å². The summed E-state index contributed by atoms with van der Waals surface area (Å²) in [5.74, 6) is 0.272. The number of aromatic nitrogens is 1. The zero-order chi connectivity index (χ0) is 15.8. The van der Waals surface area contributed by atoms with Gasteiger partial charge in [0.15, 0.2) is 5.76 Å². The van der Waals surface area contributed by atoms with Crippen LogP contribution in [0.2, 0.25) is 10.0 Å². The van der Waals surface area contributed by atoms with E-state index in [4.69, 9.17) is 27.7 Å². The summed E-state index contributed by atoms with van der Waals surface area (Å²) < 4.78 is 31.3. The molecule has 5 nitrogen and oxygen atoms in total. The summed E-state index contributed by atoms with van der Waals surface area (Å²) in [6.07, 6.45) is 0. The molecule has 2 aromatic rings. The minimum absolute atomic E-state index is 0.102. The van der Waals surface area contributed by atoms with Crippen molar-refractivity contribution in [2.75, 3.05) is 7.05 Å². The van der Waals surface area contributed by atoms with Crippen molar-refractivity contribution in [2.24, 2.45) is 0 Å². The van der Waals surface area contributed by atoms with Gasteiger partial charge in [-0.25, -0.2) is 8.42 Å². The second-order valence-electron chi connectivity index (χ2n) is 4.66. The van der Waals surface area contributed by atoms with Crippen LogP contribution in [-0.4, -0.2) is 24.9 Å². The Labute approximate surface area is 133 Å². The first-order chi connectivity index (χ1) is 9.73. The van der Waals surface area contributed by atoms with Crippen molar-refractivity contribution < 1.29 is 12.9 Å². The number of rotatable bonds is 4. The van der Waals surface area contributed by atoms with Crippen molar-refractivity contribution in [1.29, 1.82) is 0 Å². The van der Waals surface area contributed by atoms with Crippen LogP contribution in [0.5, 0.6) is 0 Å². The highest BCUT2D eigenvalue weighted by Crippen LogP contribution is 2.26. The fourth-order valence-electron chi connectivity index (χ4n) is 1.98. The van der Waals surface area contributed by atoms with Gasteiger partial charge in [0.05, 0.1) is 10.0 Å². The Hall–Kier alpha value is -1.08. The van der Waals surface area contributed by atoms with Crippen LogP contribution < -0.4 is 0 Å². The molecule has 0 N–H and O–H groups in total. The van der Waals surface area contributed by atoms with Gasteiger partial charge >= 0.3 is 0 Å². The minimum atomic E-state index is -3.68. The molecule has 1 aromatic carbocycles. The molecule has 114 valence electrons. The Balaban J connectivity index is 2.31. The number of sulfonamides is 1. The molecule has 0 atom stereocenters. The Bertz CT molecular complexity index is 752. The molecule has 0 amide bonds. The Morgan fingerprint density at radius 2 is 1.90 bits per heavy atom. The van der Waals surface area contributed by atoms with Gasteiger partial charge in [0, 0.05) is 13.6 Å². The highest BCUT2D eigenvalue weighted by Gasteiger charge is 2.28. The van der Waals surface area contributed by atoms with Gasteiger partial charge in [-0.3, -0.25) is 0 Å². The topological polar surface area (TPSA) is 63.4 Å². The number of benzene rings is 1. The molecular weight excluding hydrogens is 335 g/mol. The van der Waals surface area contributed by atoms with E-state index in [0.29, 0.717) is 15.7 Å². The standard InChI is InChI=1S/C13H14Cl2N2O3S/c1-8-13(9(2)20-16-8)21(18,19)17(3)7-10-4-5-11(14)12(15)6-10/h4-6H,7H2,1-3H3. The smallest absolute Gasteiger partial charge is 0.248 e. The maximum absolute atomic E-state index is 12.6. The van der Waals surface area contributed by atoms with Crippen LogP contribution >= 0.6 is 23.2 Å². The molecule has 0 aliphatic heterocycles. The summed E-state index contributed by atoms with van der Waals surface area (Å²) in [6.45, 7) is 3.33. The Morgan fingerprint density at radius 3 is 2.43 bits per heavy atom. The number of nitrogens with zero attached hydrogens (tertiary/aromatic N) is 2. The molecule has 0 aliphatic carbocycles. The van der Waals surface area contributed by atoms with Crippen LogP contribution in [0.15, 0.2) is 27.6 Å². The molecule has 1 heterocycles. The van der Waals surface area contributed by atoms with Crippen molar-refractivity contribution in [3.05, 3.63) is 45.3 Å². The number of halogens is 2. The van der Waals surface area contributed by atoms with E-state index in [0.717, 1.165) is 5.56 Å². The van der Waals surface area contributed by atoms with Gasteiger partial charge in [-0.05, 0) is 31.5 Å². The molecular formula is C13H14Cl2N2O3S. The average Bonchev–Trinajstić information content (AvgIpc) is 2.74. The van der Waals surface area contributed by atoms with E-state index in [1.54, 1.807) is 32.0 Å². The van der Waals surface area contributed by atoms with Crippen molar-refractivity contribution in [2.45, 2.75) is 25.3 Å². The van der Waals surface area contributed by atoms with Crippen molar-refractivity contribution >= 4 is 33.2 Å². The van der Waals surface area contributed by atoms with Crippen LogP contribution in [0, 0.1) is 13.8 Å². The number of aryl methyl sites for hydroxylation is 2. The Morgan fingerprint density at radius 1 is 1.24 bits per heavy atom. The van der Waals surface area contributed by atoms with Gasteiger partial charge in [-0.15, -0.1) is 0 Å². The molecule has 0 aliphatic rings. The SMILES string of the molecule is Cc1noc(C)c1S(=O)(=O)N(C)Cc1ccc(Cl)c(Cl)c1. The van der Waals surface area contributed by atoms with Crippen LogP contribution in [0.4, 0.5) is 0 Å². The quantitative estimate of drug-likeness (QED) is 0.849. The van der Waals surface area contributed by atoms with Crippen molar-refractivity contribution in [3.8, 4) is 0 Å². The molecule has 0 fully saturated rings. The van der Waals surface area contributed by atoms with Crippen LogP contribution in [0.1, 0.15) is 17.0 Å². The van der Waals surface area contributed by atoms with E-state index in [2.05, 4.69) is 5.16 Å². The highest BCUT2D eigenvalue weighted by atomic mass is 35.5. The lowest BCUT2D eigenvalue weighted by Crippen LogP contribution is -2.27. The van der Waals surface area contributed by atoms with E-state index in [1.165, 1.54) is 11.4 Å². The predicted molar refractivity (Wildman–Crippen MR) is 81.1 cm³/mol. The van der Waals surface area contributed by atoms with Gasteiger partial charge < -0.3 is 4.52 Å². The fourth-order valence-corrected chi connectivity index (χ4v) is 3.74. The van der Waals surface area contributed by atoms with Crippen molar-refractivity contribution in [1.82, 2.24) is 9.46 Å². The lowest BCUT2D eigenvalue weighted by molar-refractivity contribution is 0.389. The predicted octanol–water partition coefficient (Wildman–Crippen LogP) is 3.42. The minimum Gasteiger partial charge on any atom is -0.360 e. The lowest BCUT2D eigenvalue weighted by Gasteiger charge is -2.17. The summed E-state index contributed by atoms with van der Waals surface area (Å²) in [7, 11) is -2.19. The number of hydrogen-bond donors (Lipinski definition) is 0. The van der Waals surface area contributed by atoms with Gasteiger partial charge in [-0.2, -0.15) is 4.31 Å². The van der Waals surface area contributed by atoms with Gasteiger partial charge in [0.1, 0.15) is 10.6 Å². The second kappa shape index (κ2) is 5.96. The van der Waals surface area contributed by atoms with Crippen molar-refractivity contribution in [3.63, 3.8) is 0 Å². The molecule has 8 heteroatoms. The van der Waals surface area contributed by atoms with Gasteiger partial charge in [-0.1, -0.05) is 34.4 Å². The first kappa shape index (κ1) is 16.3. The van der Waals surface area contributed by atoms with Gasteiger partial charge in [0.25, 0.3) is 0 Å². The molecule has 0 spiro atoms. The number of hydrogen-bond acceptors (Lipinski definition) is 4. The molecule has 1 aromatic heterocycles. The summed E-state index contributed by atoms with van der Waals surface area (Å²) in [5.41, 5.74) is 1.08. The normalized spacial score (nSPS) is 12.1. The third-order valence-corrected chi connectivity index (χ3v) is 5.81. The zero-order valence-electron chi connectivity index (χ0n) is 11.7. The summed E-state index contributed by atoms with van der Waals surface area (Å²) in [5, 5.41) is 4.49. The zero-order valence-corrected chi connectivity index (χ0v) is 14.1. The van der Waals surface area contributed by atoms with E-state index >= 15 is 0 Å². The van der Waals surface area contributed by atoms with E-state index in [9.17, 15) is 8.42 Å². The van der Waals surface area contributed by atoms with E-state index in [-0.39, 0.29) is 17.2 Å². The summed E-state index contributed by atoms with van der Waals surface area (Å²) >= 11 is 11.8. The molecule has 21 heavy (non-hydrogen) atoms. The first-order valence-corrected chi connectivity index (χ1v) is 8.26. The molecule has 0 radical (unpaired) electrons. The molecule has 0 saturated heterocycles.